The van der Waals surface area contributed by atoms with E-state index in [1.807, 2.05) is 13.8 Å². The van der Waals surface area contributed by atoms with Crippen LogP contribution in [-0.4, -0.2) is 32.6 Å². The van der Waals surface area contributed by atoms with Gasteiger partial charge in [0.1, 0.15) is 17.5 Å². The number of benzene rings is 2. The molecule has 2 aliphatic rings. The summed E-state index contributed by atoms with van der Waals surface area (Å²) in [5.41, 5.74) is 0.215. The predicted molar refractivity (Wildman–Crippen MR) is 138 cm³/mol. The van der Waals surface area contributed by atoms with Gasteiger partial charge in [-0.05, 0) is 48.5 Å². The number of rotatable bonds is 4. The summed E-state index contributed by atoms with van der Waals surface area (Å²) in [7, 11) is 0. The Morgan fingerprint density at radius 2 is 1.71 bits per heavy atom. The lowest BCUT2D eigenvalue weighted by Gasteiger charge is -2.36. The Kier molecular flexibility index (Phi) is 5.89. The first-order chi connectivity index (χ1) is 16.6. The van der Waals surface area contributed by atoms with Crippen LogP contribution in [0.3, 0.4) is 0 Å². The lowest BCUT2D eigenvalue weighted by Crippen LogP contribution is -2.41. The summed E-state index contributed by atoms with van der Waals surface area (Å²) in [6.45, 7) is 3.51. The van der Waals surface area contributed by atoms with Crippen molar-refractivity contribution in [3.05, 3.63) is 67.5 Å². The highest BCUT2D eigenvalue weighted by atomic mass is 79.9. The molecule has 0 radical (unpaired) electrons. The number of amides is 3. The van der Waals surface area contributed by atoms with Gasteiger partial charge in [-0.3, -0.25) is 23.7 Å². The number of nitrogens with zero attached hydrogens (tertiary/aromatic N) is 2. The number of fused-ring (bicyclic) bond motifs is 2. The Hall–Kier alpha value is -2.89. The number of hydrogen-bond acceptors (Lipinski definition) is 7. The quantitative estimate of drug-likeness (QED) is 0.361. The second-order valence-corrected chi connectivity index (χ2v) is 11.9. The maximum absolute atomic E-state index is 13.5. The van der Waals surface area contributed by atoms with Crippen molar-refractivity contribution in [2.24, 2.45) is 5.92 Å². The van der Waals surface area contributed by atoms with Crippen molar-refractivity contribution in [2.45, 2.75) is 36.1 Å². The molecule has 2 unspecified atom stereocenters. The minimum Gasteiger partial charge on any atom is -0.508 e. The lowest BCUT2D eigenvalue weighted by molar-refractivity contribution is -0.123. The molecular formula is C24H20BrN3O5S2. The van der Waals surface area contributed by atoms with Gasteiger partial charge in [0.15, 0.2) is 0 Å². The molecule has 3 heterocycles. The van der Waals surface area contributed by atoms with Crippen LogP contribution in [0.15, 0.2) is 62.8 Å². The molecule has 0 bridgehead atoms. The van der Waals surface area contributed by atoms with E-state index in [1.165, 1.54) is 33.4 Å². The van der Waals surface area contributed by atoms with Gasteiger partial charge in [0, 0.05) is 20.5 Å². The van der Waals surface area contributed by atoms with Crippen LogP contribution in [-0.2, 0) is 26.3 Å². The van der Waals surface area contributed by atoms with Crippen molar-refractivity contribution in [3.8, 4) is 5.75 Å². The SMILES string of the molecule is CC1(C)c2sc(=O)n(CC(=O)Nc3ccc(O)cc3)c2SC2C(=O)N(c3ccc(Br)cc3)C(=O)C21. The number of hydrogen-bond donors (Lipinski definition) is 2. The molecule has 1 saturated heterocycles. The zero-order chi connectivity index (χ0) is 25.1. The van der Waals surface area contributed by atoms with Crippen LogP contribution >= 0.6 is 39.0 Å². The van der Waals surface area contributed by atoms with E-state index in [2.05, 4.69) is 21.2 Å². The number of aromatic nitrogens is 1. The third kappa shape index (κ3) is 4.01. The predicted octanol–water partition coefficient (Wildman–Crippen LogP) is 3.96. The van der Waals surface area contributed by atoms with E-state index in [0.29, 0.717) is 21.3 Å². The van der Waals surface area contributed by atoms with E-state index in [4.69, 9.17) is 0 Å². The average Bonchev–Trinajstić information content (AvgIpc) is 3.25. The molecule has 180 valence electrons. The van der Waals surface area contributed by atoms with Crippen molar-refractivity contribution in [1.82, 2.24) is 4.57 Å². The molecule has 2 aliphatic heterocycles. The third-order valence-corrected chi connectivity index (χ3v) is 9.59. The first kappa shape index (κ1) is 23.8. The van der Waals surface area contributed by atoms with Crippen molar-refractivity contribution in [2.75, 3.05) is 10.2 Å². The van der Waals surface area contributed by atoms with Crippen LogP contribution < -0.4 is 15.1 Å². The number of carbonyl (C=O) groups is 3. The molecule has 2 aromatic carbocycles. The standard InChI is InChI=1S/C24H20BrN3O5S2/c1-24(2)17-18(21(32)28(20(17)31)14-7-3-12(25)4-8-14)34-22-19(24)35-23(33)27(22)11-16(30)26-13-5-9-15(29)10-6-13/h3-10,17-18,29H,11H2,1-2H3,(H,26,30). The molecule has 0 aliphatic carbocycles. The molecule has 5 rings (SSSR count). The maximum Gasteiger partial charge on any atom is 0.308 e. The van der Waals surface area contributed by atoms with E-state index in [-0.39, 0.29) is 29.0 Å². The second-order valence-electron chi connectivity index (χ2n) is 8.91. The van der Waals surface area contributed by atoms with Crippen LogP contribution in [0.25, 0.3) is 0 Å². The van der Waals surface area contributed by atoms with Crippen molar-refractivity contribution >= 4 is 68.1 Å². The molecule has 1 aromatic heterocycles. The summed E-state index contributed by atoms with van der Waals surface area (Å²) in [6, 6.07) is 13.0. The van der Waals surface area contributed by atoms with Crippen molar-refractivity contribution in [1.29, 1.82) is 0 Å². The van der Waals surface area contributed by atoms with Crippen LogP contribution in [0.1, 0.15) is 18.7 Å². The molecule has 2 N–H and O–H groups in total. The van der Waals surface area contributed by atoms with E-state index in [0.717, 1.165) is 15.8 Å². The fraction of sp³-hybridized carbons (Fsp3) is 0.250. The molecule has 3 aromatic rings. The Morgan fingerprint density at radius 1 is 1.06 bits per heavy atom. The number of aromatic hydroxyl groups is 1. The highest BCUT2D eigenvalue weighted by Gasteiger charge is 2.59. The van der Waals surface area contributed by atoms with E-state index in [9.17, 15) is 24.3 Å². The Morgan fingerprint density at radius 3 is 2.37 bits per heavy atom. The second kappa shape index (κ2) is 8.65. The topological polar surface area (TPSA) is 109 Å². The van der Waals surface area contributed by atoms with E-state index in [1.54, 1.807) is 36.4 Å². The van der Waals surface area contributed by atoms with Crippen LogP contribution in [0, 0.1) is 5.92 Å². The van der Waals surface area contributed by atoms with Gasteiger partial charge in [0.2, 0.25) is 17.7 Å². The van der Waals surface area contributed by atoms with Gasteiger partial charge >= 0.3 is 4.87 Å². The zero-order valence-corrected chi connectivity index (χ0v) is 21.9. The number of phenolic OH excluding ortho intramolecular Hbond substituents is 1. The molecule has 3 amide bonds. The molecule has 11 heteroatoms. The highest BCUT2D eigenvalue weighted by Crippen LogP contribution is 2.54. The Balaban J connectivity index is 1.46. The molecular weight excluding hydrogens is 554 g/mol. The Bertz CT molecular complexity index is 1410. The smallest absolute Gasteiger partial charge is 0.308 e. The lowest BCUT2D eigenvalue weighted by atomic mass is 9.76. The number of carbonyl (C=O) groups excluding carboxylic acids is 3. The number of thioether (sulfide) groups is 1. The zero-order valence-electron chi connectivity index (χ0n) is 18.6. The monoisotopic (exact) mass is 573 g/mol. The fourth-order valence-corrected chi connectivity index (χ4v) is 7.80. The van der Waals surface area contributed by atoms with Crippen LogP contribution in [0.2, 0.25) is 0 Å². The van der Waals surface area contributed by atoms with Crippen molar-refractivity contribution in [3.63, 3.8) is 0 Å². The van der Waals surface area contributed by atoms with E-state index >= 15 is 0 Å². The number of halogens is 1. The molecule has 0 spiro atoms. The van der Waals surface area contributed by atoms with Gasteiger partial charge in [-0.1, -0.05) is 52.9 Å². The number of phenols is 1. The molecule has 1 fully saturated rings. The van der Waals surface area contributed by atoms with Gasteiger partial charge in [-0.25, -0.2) is 4.90 Å². The largest absolute Gasteiger partial charge is 0.508 e. The van der Waals surface area contributed by atoms with Crippen LogP contribution in [0.4, 0.5) is 11.4 Å². The first-order valence-electron chi connectivity index (χ1n) is 10.7. The number of thiazole rings is 1. The summed E-state index contributed by atoms with van der Waals surface area (Å²) < 4.78 is 2.21. The van der Waals surface area contributed by atoms with Gasteiger partial charge in [0.05, 0.1) is 16.6 Å². The maximum atomic E-state index is 13.5. The summed E-state index contributed by atoms with van der Waals surface area (Å²) in [6.07, 6.45) is 0. The number of imide groups is 1. The third-order valence-electron chi connectivity index (χ3n) is 6.24. The number of nitrogens with one attached hydrogen (secondary N) is 1. The minimum absolute atomic E-state index is 0.0762. The van der Waals surface area contributed by atoms with E-state index < -0.39 is 22.5 Å². The summed E-state index contributed by atoms with van der Waals surface area (Å²) in [5, 5.41) is 12.0. The summed E-state index contributed by atoms with van der Waals surface area (Å²) in [4.78, 5) is 54.1. The molecule has 0 saturated carbocycles. The summed E-state index contributed by atoms with van der Waals surface area (Å²) >= 11 is 5.56. The normalized spacial score (nSPS) is 20.5. The average molecular weight is 574 g/mol. The molecule has 8 nitrogen and oxygen atoms in total. The van der Waals surface area contributed by atoms with Gasteiger partial charge in [-0.15, -0.1) is 0 Å². The fourth-order valence-electron chi connectivity index (χ4n) is 4.50. The van der Waals surface area contributed by atoms with Crippen molar-refractivity contribution < 1.29 is 19.5 Å². The minimum atomic E-state index is -0.773. The first-order valence-corrected chi connectivity index (χ1v) is 13.2. The summed E-state index contributed by atoms with van der Waals surface area (Å²) in [5.74, 6) is -1.59. The highest BCUT2D eigenvalue weighted by molar-refractivity contribution is 9.10. The number of anilines is 2. The van der Waals surface area contributed by atoms with Gasteiger partial charge in [0.25, 0.3) is 0 Å². The Labute approximate surface area is 217 Å². The molecule has 35 heavy (non-hydrogen) atoms. The van der Waals surface area contributed by atoms with Crippen LogP contribution in [0.5, 0.6) is 5.75 Å². The molecule has 2 atom stereocenters. The van der Waals surface area contributed by atoms with Gasteiger partial charge in [-0.2, -0.15) is 0 Å². The van der Waals surface area contributed by atoms with Gasteiger partial charge < -0.3 is 10.4 Å².